The first kappa shape index (κ1) is 19.8. The van der Waals surface area contributed by atoms with Crippen molar-refractivity contribution < 1.29 is 17.9 Å². The van der Waals surface area contributed by atoms with Crippen LogP contribution in [0.25, 0.3) is 0 Å². The van der Waals surface area contributed by atoms with Crippen LogP contribution in [0.2, 0.25) is 0 Å². The lowest BCUT2D eigenvalue weighted by atomic mass is 10.2. The summed E-state index contributed by atoms with van der Waals surface area (Å²) in [7, 11) is -2.12. The molecule has 0 unspecified atom stereocenters. The first-order valence-electron chi connectivity index (χ1n) is 9.75. The highest BCUT2D eigenvalue weighted by atomic mass is 32.2. The zero-order valence-corrected chi connectivity index (χ0v) is 17.4. The predicted molar refractivity (Wildman–Crippen MR) is 105 cm³/mol. The number of nitrogens with zero attached hydrogens (tertiary/aromatic N) is 5. The molecule has 9 nitrogen and oxygen atoms in total. The maximum atomic E-state index is 13.3. The Hall–Kier alpha value is -2.46. The van der Waals surface area contributed by atoms with Crippen LogP contribution in [0.15, 0.2) is 29.2 Å². The minimum Gasteiger partial charge on any atom is -0.497 e. The summed E-state index contributed by atoms with van der Waals surface area (Å²) in [6.45, 7) is 3.76. The molecule has 2 aromatic rings. The molecular formula is C19H25N5O4S. The van der Waals surface area contributed by atoms with Gasteiger partial charge in [0.2, 0.25) is 15.9 Å². The summed E-state index contributed by atoms with van der Waals surface area (Å²) in [5.41, 5.74) is 0. The van der Waals surface area contributed by atoms with E-state index in [1.165, 1.54) is 4.31 Å². The Morgan fingerprint density at radius 2 is 1.86 bits per heavy atom. The van der Waals surface area contributed by atoms with Crippen molar-refractivity contribution in [2.75, 3.05) is 26.7 Å². The van der Waals surface area contributed by atoms with E-state index in [2.05, 4.69) is 10.2 Å². The van der Waals surface area contributed by atoms with Crippen LogP contribution in [0.4, 0.5) is 0 Å². The number of sulfonamides is 1. The van der Waals surface area contributed by atoms with E-state index in [1.807, 2.05) is 4.57 Å². The minimum atomic E-state index is -3.67. The van der Waals surface area contributed by atoms with E-state index in [1.54, 1.807) is 43.2 Å². The SMILES string of the molecule is COc1ccc(S(=O)(=O)N2CCC[C@@H]2c2nnc3n2CCN(C(C)=O)CC3)cc1. The van der Waals surface area contributed by atoms with Crippen LogP contribution in [0.5, 0.6) is 5.75 Å². The van der Waals surface area contributed by atoms with Crippen LogP contribution in [-0.2, 0) is 27.8 Å². The molecule has 29 heavy (non-hydrogen) atoms. The van der Waals surface area contributed by atoms with Gasteiger partial charge in [0.15, 0.2) is 5.82 Å². The molecule has 1 amide bonds. The van der Waals surface area contributed by atoms with Crippen molar-refractivity contribution in [2.24, 2.45) is 0 Å². The third-order valence-corrected chi connectivity index (χ3v) is 7.59. The summed E-state index contributed by atoms with van der Waals surface area (Å²) in [5.74, 6) is 2.12. The Morgan fingerprint density at radius 3 is 2.55 bits per heavy atom. The largest absolute Gasteiger partial charge is 0.497 e. The van der Waals surface area contributed by atoms with Crippen molar-refractivity contribution in [3.05, 3.63) is 35.9 Å². The third-order valence-electron chi connectivity index (χ3n) is 5.67. The molecule has 2 aliphatic rings. The van der Waals surface area contributed by atoms with Gasteiger partial charge in [0.1, 0.15) is 11.6 Å². The maximum absolute atomic E-state index is 13.3. The molecule has 0 spiro atoms. The van der Waals surface area contributed by atoms with Gasteiger partial charge in [-0.05, 0) is 37.1 Å². The summed E-state index contributed by atoms with van der Waals surface area (Å²) in [6.07, 6.45) is 2.08. The highest BCUT2D eigenvalue weighted by molar-refractivity contribution is 7.89. The van der Waals surface area contributed by atoms with Crippen LogP contribution in [-0.4, -0.2) is 65.0 Å². The standard InChI is InChI=1S/C19H25N5O4S/c1-14(25)22-11-9-18-20-21-19(23(18)13-12-22)17-4-3-10-24(17)29(26,27)16-7-5-15(28-2)6-8-16/h5-8,17H,3-4,9-13H2,1-2H3/t17-/m1/s1. The number of hydrogen-bond acceptors (Lipinski definition) is 6. The smallest absolute Gasteiger partial charge is 0.243 e. The van der Waals surface area contributed by atoms with Gasteiger partial charge in [-0.1, -0.05) is 0 Å². The number of methoxy groups -OCH3 is 1. The van der Waals surface area contributed by atoms with E-state index >= 15 is 0 Å². The molecule has 0 N–H and O–H groups in total. The topological polar surface area (TPSA) is 97.6 Å². The molecule has 1 aromatic carbocycles. The van der Waals surface area contributed by atoms with E-state index in [-0.39, 0.29) is 16.8 Å². The molecule has 1 atom stereocenters. The monoisotopic (exact) mass is 419 g/mol. The number of aromatic nitrogens is 3. The van der Waals surface area contributed by atoms with Crippen molar-refractivity contribution >= 4 is 15.9 Å². The molecule has 1 aromatic heterocycles. The number of benzene rings is 1. The van der Waals surface area contributed by atoms with Crippen LogP contribution in [0.1, 0.15) is 37.5 Å². The van der Waals surface area contributed by atoms with Gasteiger partial charge < -0.3 is 14.2 Å². The fraction of sp³-hybridized carbons (Fsp3) is 0.526. The lowest BCUT2D eigenvalue weighted by Gasteiger charge is -2.24. The van der Waals surface area contributed by atoms with E-state index < -0.39 is 10.0 Å². The molecule has 156 valence electrons. The number of fused-ring (bicyclic) bond motifs is 1. The summed E-state index contributed by atoms with van der Waals surface area (Å²) in [5, 5.41) is 8.66. The number of carbonyl (C=O) groups is 1. The second-order valence-electron chi connectivity index (χ2n) is 7.33. The molecule has 4 rings (SSSR count). The van der Waals surface area contributed by atoms with Gasteiger partial charge in [-0.25, -0.2) is 8.42 Å². The van der Waals surface area contributed by atoms with Crippen molar-refractivity contribution in [3.8, 4) is 5.75 Å². The molecule has 10 heteroatoms. The van der Waals surface area contributed by atoms with Crippen LogP contribution in [0.3, 0.4) is 0 Å². The second-order valence-corrected chi connectivity index (χ2v) is 9.22. The molecule has 0 aliphatic carbocycles. The Labute approximate surface area is 170 Å². The molecule has 3 heterocycles. The number of amides is 1. The highest BCUT2D eigenvalue weighted by Gasteiger charge is 2.39. The molecule has 1 saturated heterocycles. The summed E-state index contributed by atoms with van der Waals surface area (Å²) in [4.78, 5) is 13.8. The lowest BCUT2D eigenvalue weighted by molar-refractivity contribution is -0.128. The van der Waals surface area contributed by atoms with Gasteiger partial charge in [0.25, 0.3) is 0 Å². The fourth-order valence-electron chi connectivity index (χ4n) is 4.08. The van der Waals surface area contributed by atoms with E-state index in [9.17, 15) is 13.2 Å². The van der Waals surface area contributed by atoms with E-state index in [0.717, 1.165) is 12.2 Å². The molecule has 0 saturated carbocycles. The number of carbonyl (C=O) groups excluding carboxylic acids is 1. The maximum Gasteiger partial charge on any atom is 0.243 e. The molecule has 0 bridgehead atoms. The van der Waals surface area contributed by atoms with Gasteiger partial charge in [0, 0.05) is 39.5 Å². The lowest BCUT2D eigenvalue weighted by Crippen LogP contribution is -2.33. The highest BCUT2D eigenvalue weighted by Crippen LogP contribution is 2.36. The summed E-state index contributed by atoms with van der Waals surface area (Å²) < 4.78 is 35.2. The van der Waals surface area contributed by atoms with Crippen molar-refractivity contribution in [2.45, 2.75) is 43.7 Å². The van der Waals surface area contributed by atoms with Crippen molar-refractivity contribution in [1.29, 1.82) is 0 Å². The Balaban J connectivity index is 1.63. The number of ether oxygens (including phenoxy) is 1. The zero-order chi connectivity index (χ0) is 20.6. The Kier molecular flexibility index (Phi) is 5.30. The normalized spacial score (nSPS) is 20.3. The van der Waals surface area contributed by atoms with Crippen LogP contribution < -0.4 is 4.74 Å². The number of hydrogen-bond donors (Lipinski definition) is 0. The zero-order valence-electron chi connectivity index (χ0n) is 16.6. The van der Waals surface area contributed by atoms with Crippen LogP contribution >= 0.6 is 0 Å². The minimum absolute atomic E-state index is 0.0369. The predicted octanol–water partition coefficient (Wildman–Crippen LogP) is 1.22. The molecule has 1 fully saturated rings. The summed E-state index contributed by atoms with van der Waals surface area (Å²) in [6, 6.07) is 6.08. The van der Waals surface area contributed by atoms with Crippen LogP contribution in [0, 0.1) is 0 Å². The molecule has 2 aliphatic heterocycles. The van der Waals surface area contributed by atoms with E-state index in [0.29, 0.717) is 50.6 Å². The van der Waals surface area contributed by atoms with Gasteiger partial charge in [0.05, 0.1) is 18.0 Å². The van der Waals surface area contributed by atoms with Gasteiger partial charge in [-0.2, -0.15) is 4.31 Å². The van der Waals surface area contributed by atoms with Gasteiger partial charge >= 0.3 is 0 Å². The Bertz CT molecular complexity index is 1000. The quantitative estimate of drug-likeness (QED) is 0.739. The number of rotatable bonds is 4. The van der Waals surface area contributed by atoms with Gasteiger partial charge in [-0.3, -0.25) is 4.79 Å². The second kappa shape index (κ2) is 7.75. The third kappa shape index (κ3) is 3.62. The average molecular weight is 420 g/mol. The molecular weight excluding hydrogens is 394 g/mol. The first-order valence-corrected chi connectivity index (χ1v) is 11.2. The molecule has 0 radical (unpaired) electrons. The van der Waals surface area contributed by atoms with E-state index in [4.69, 9.17) is 4.74 Å². The van der Waals surface area contributed by atoms with Gasteiger partial charge in [-0.15, -0.1) is 10.2 Å². The Morgan fingerprint density at radius 1 is 1.10 bits per heavy atom. The first-order chi connectivity index (χ1) is 13.9. The fourth-order valence-corrected chi connectivity index (χ4v) is 5.73. The average Bonchev–Trinajstić information content (AvgIpc) is 3.30. The van der Waals surface area contributed by atoms with Crippen molar-refractivity contribution in [1.82, 2.24) is 24.0 Å². The summed E-state index contributed by atoms with van der Waals surface area (Å²) >= 11 is 0. The van der Waals surface area contributed by atoms with Crippen molar-refractivity contribution in [3.63, 3.8) is 0 Å².